The van der Waals surface area contributed by atoms with E-state index >= 15 is 0 Å². The number of nitrogens with zero attached hydrogens (tertiary/aromatic N) is 2. The number of anilines is 1. The Hall–Kier alpha value is -3.88. The second-order valence-corrected chi connectivity index (χ2v) is 10.1. The maximum Gasteiger partial charge on any atom is 0.301 e. The molecule has 0 aliphatic carbocycles. The van der Waals surface area contributed by atoms with Crippen LogP contribution in [0.25, 0.3) is 16.0 Å². The lowest BCUT2D eigenvalue weighted by atomic mass is 9.95. The number of carbonyl (C=O) groups is 2. The molecular weight excluding hydrogens is 524 g/mol. The molecule has 1 aliphatic heterocycles. The average Bonchev–Trinajstić information content (AvgIpc) is 3.45. The number of carbonyl (C=O) groups excluding carboxylic acids is 2. The van der Waals surface area contributed by atoms with Crippen LogP contribution < -0.4 is 14.4 Å². The van der Waals surface area contributed by atoms with Gasteiger partial charge in [-0.1, -0.05) is 42.0 Å². The minimum Gasteiger partial charge on any atom is -0.507 e. The summed E-state index contributed by atoms with van der Waals surface area (Å²) in [5.74, 6) is -0.463. The molecule has 9 heteroatoms. The summed E-state index contributed by atoms with van der Waals surface area (Å²) < 4.78 is 12.1. The molecule has 0 spiro atoms. The Kier molecular flexibility index (Phi) is 7.35. The van der Waals surface area contributed by atoms with E-state index in [1.54, 1.807) is 48.5 Å². The molecule has 38 heavy (non-hydrogen) atoms. The zero-order valence-corrected chi connectivity index (χ0v) is 22.4. The molecule has 1 aliphatic rings. The third kappa shape index (κ3) is 4.85. The van der Waals surface area contributed by atoms with Crippen LogP contribution in [0.4, 0.5) is 5.13 Å². The van der Waals surface area contributed by atoms with E-state index in [0.29, 0.717) is 51.5 Å². The van der Waals surface area contributed by atoms with Crippen molar-refractivity contribution in [2.75, 3.05) is 18.1 Å². The molecule has 1 aromatic heterocycles. The summed E-state index contributed by atoms with van der Waals surface area (Å²) >= 11 is 7.30. The zero-order chi connectivity index (χ0) is 26.8. The summed E-state index contributed by atoms with van der Waals surface area (Å²) in [5, 5.41) is 12.1. The molecule has 7 nitrogen and oxygen atoms in total. The summed E-state index contributed by atoms with van der Waals surface area (Å²) in [6.45, 7) is 5.02. The van der Waals surface area contributed by atoms with Crippen molar-refractivity contribution in [3.8, 4) is 11.5 Å². The highest BCUT2D eigenvalue weighted by Gasteiger charge is 2.48. The molecule has 4 aromatic rings. The van der Waals surface area contributed by atoms with Gasteiger partial charge in [-0.25, -0.2) is 4.98 Å². The van der Waals surface area contributed by atoms with Gasteiger partial charge in [-0.15, -0.1) is 0 Å². The molecule has 3 aromatic carbocycles. The van der Waals surface area contributed by atoms with Crippen LogP contribution in [-0.4, -0.2) is 35.0 Å². The van der Waals surface area contributed by atoms with Crippen molar-refractivity contribution in [2.45, 2.75) is 26.3 Å². The van der Waals surface area contributed by atoms with E-state index in [1.807, 2.05) is 32.0 Å². The first-order valence-electron chi connectivity index (χ1n) is 12.2. The van der Waals surface area contributed by atoms with Gasteiger partial charge in [0.05, 0.1) is 35.0 Å². The number of rotatable bonds is 8. The van der Waals surface area contributed by atoms with Crippen LogP contribution >= 0.6 is 22.9 Å². The summed E-state index contributed by atoms with van der Waals surface area (Å²) in [4.78, 5) is 32.9. The first kappa shape index (κ1) is 25.8. The number of thiazole rings is 1. The van der Waals surface area contributed by atoms with E-state index in [2.05, 4.69) is 4.98 Å². The Labute approximate surface area is 228 Å². The van der Waals surface area contributed by atoms with Crippen LogP contribution in [0.1, 0.15) is 37.4 Å². The van der Waals surface area contributed by atoms with Gasteiger partial charge in [-0.3, -0.25) is 14.5 Å². The van der Waals surface area contributed by atoms with Crippen molar-refractivity contribution in [3.05, 3.63) is 88.5 Å². The van der Waals surface area contributed by atoms with Crippen molar-refractivity contribution in [1.29, 1.82) is 0 Å². The van der Waals surface area contributed by atoms with E-state index in [9.17, 15) is 14.7 Å². The first-order chi connectivity index (χ1) is 18.4. The van der Waals surface area contributed by atoms with Gasteiger partial charge in [-0.2, -0.15) is 0 Å². The normalized spacial score (nSPS) is 16.8. The number of hydrogen-bond acceptors (Lipinski definition) is 7. The van der Waals surface area contributed by atoms with Gasteiger partial charge in [-0.05, 0) is 73.5 Å². The van der Waals surface area contributed by atoms with Crippen LogP contribution in [0, 0.1) is 0 Å². The summed E-state index contributed by atoms with van der Waals surface area (Å²) in [6, 6.07) is 18.2. The zero-order valence-electron chi connectivity index (χ0n) is 20.8. The summed E-state index contributed by atoms with van der Waals surface area (Å²) in [6.07, 6.45) is 0.867. The van der Waals surface area contributed by atoms with E-state index < -0.39 is 17.7 Å². The molecule has 1 unspecified atom stereocenters. The molecule has 1 N–H and O–H groups in total. The van der Waals surface area contributed by atoms with E-state index in [4.69, 9.17) is 21.1 Å². The SMILES string of the molecule is CCCOc1ccc(C2C(=C(O)c3ccc(Cl)cc3)C(=O)C(=O)N2c2nc3ccc(OCC)cc3s2)cc1. The minimum absolute atomic E-state index is 0.0196. The van der Waals surface area contributed by atoms with E-state index in [0.717, 1.165) is 11.1 Å². The number of aliphatic hydroxyl groups excluding tert-OH is 1. The van der Waals surface area contributed by atoms with Crippen LogP contribution in [0.2, 0.25) is 5.02 Å². The van der Waals surface area contributed by atoms with Crippen molar-refractivity contribution in [3.63, 3.8) is 0 Å². The van der Waals surface area contributed by atoms with Crippen LogP contribution in [0.5, 0.6) is 11.5 Å². The molecule has 1 atom stereocenters. The number of halogens is 1. The number of benzene rings is 3. The lowest BCUT2D eigenvalue weighted by molar-refractivity contribution is -0.132. The van der Waals surface area contributed by atoms with Gasteiger partial charge < -0.3 is 14.6 Å². The van der Waals surface area contributed by atoms with E-state index in [-0.39, 0.29) is 11.3 Å². The van der Waals surface area contributed by atoms with Crippen molar-refractivity contribution in [1.82, 2.24) is 4.98 Å². The van der Waals surface area contributed by atoms with Gasteiger partial charge in [0.25, 0.3) is 5.78 Å². The molecule has 1 amide bonds. The number of hydrogen-bond donors (Lipinski definition) is 1. The molecule has 5 rings (SSSR count). The predicted octanol–water partition coefficient (Wildman–Crippen LogP) is 6.76. The Morgan fingerprint density at radius 3 is 2.39 bits per heavy atom. The van der Waals surface area contributed by atoms with Gasteiger partial charge >= 0.3 is 5.91 Å². The fraction of sp³-hybridized carbons (Fsp3) is 0.207. The average molecular weight is 549 g/mol. The lowest BCUT2D eigenvalue weighted by Crippen LogP contribution is -2.29. The Morgan fingerprint density at radius 1 is 1.00 bits per heavy atom. The fourth-order valence-electron chi connectivity index (χ4n) is 4.33. The largest absolute Gasteiger partial charge is 0.507 e. The smallest absolute Gasteiger partial charge is 0.301 e. The second-order valence-electron chi connectivity index (χ2n) is 8.65. The van der Waals surface area contributed by atoms with Crippen molar-refractivity contribution < 1.29 is 24.2 Å². The number of amides is 1. The highest BCUT2D eigenvalue weighted by atomic mass is 35.5. The summed E-state index contributed by atoms with van der Waals surface area (Å²) in [7, 11) is 0. The monoisotopic (exact) mass is 548 g/mol. The van der Waals surface area contributed by atoms with Gasteiger partial charge in [0.2, 0.25) is 0 Å². The van der Waals surface area contributed by atoms with Gasteiger partial charge in [0.1, 0.15) is 17.3 Å². The molecular formula is C29H25ClN2O5S. The lowest BCUT2D eigenvalue weighted by Gasteiger charge is -2.23. The van der Waals surface area contributed by atoms with Gasteiger partial charge in [0, 0.05) is 10.6 Å². The maximum atomic E-state index is 13.5. The second kappa shape index (κ2) is 10.8. The molecule has 0 bridgehead atoms. The number of ketones is 1. The molecule has 0 radical (unpaired) electrons. The molecule has 2 heterocycles. The molecule has 0 saturated carbocycles. The minimum atomic E-state index is -0.891. The number of ether oxygens (including phenoxy) is 2. The first-order valence-corrected chi connectivity index (χ1v) is 13.4. The third-order valence-corrected chi connectivity index (χ3v) is 7.37. The Balaban J connectivity index is 1.65. The third-order valence-electron chi connectivity index (χ3n) is 6.10. The van der Waals surface area contributed by atoms with Crippen LogP contribution in [-0.2, 0) is 9.59 Å². The van der Waals surface area contributed by atoms with Crippen LogP contribution in [0.15, 0.2) is 72.3 Å². The highest BCUT2D eigenvalue weighted by Crippen LogP contribution is 2.45. The van der Waals surface area contributed by atoms with Crippen molar-refractivity contribution in [2.24, 2.45) is 0 Å². The van der Waals surface area contributed by atoms with Crippen molar-refractivity contribution >= 4 is 55.7 Å². The fourth-order valence-corrected chi connectivity index (χ4v) is 5.47. The predicted molar refractivity (Wildman–Crippen MR) is 149 cm³/mol. The van der Waals surface area contributed by atoms with Crippen LogP contribution in [0.3, 0.4) is 0 Å². The summed E-state index contributed by atoms with van der Waals surface area (Å²) in [5.41, 5.74) is 1.67. The molecule has 1 fully saturated rings. The number of Topliss-reactive ketones (excluding diaryl/α,β-unsaturated/α-hetero) is 1. The number of aliphatic hydroxyl groups is 1. The number of fused-ring (bicyclic) bond motifs is 1. The molecule has 1 saturated heterocycles. The topological polar surface area (TPSA) is 89.0 Å². The molecule has 194 valence electrons. The Morgan fingerprint density at radius 2 is 1.71 bits per heavy atom. The van der Waals surface area contributed by atoms with Gasteiger partial charge in [0.15, 0.2) is 5.13 Å². The van der Waals surface area contributed by atoms with E-state index in [1.165, 1.54) is 16.2 Å². The standard InChI is InChI=1S/C29H25ClN2O5S/c1-3-15-37-20-11-7-17(8-12-20)25-24(26(33)18-5-9-19(30)10-6-18)27(34)28(35)32(25)29-31-22-14-13-21(36-4-2)16-23(22)38-29/h5-14,16,25,33H,3-4,15H2,1-2H3. The maximum absolute atomic E-state index is 13.5. The number of aromatic nitrogens is 1. The Bertz CT molecular complexity index is 1530. The quantitative estimate of drug-likeness (QED) is 0.149. The highest BCUT2D eigenvalue weighted by molar-refractivity contribution is 7.22.